The average Bonchev–Trinajstić information content (AvgIpc) is 2.18. The summed E-state index contributed by atoms with van der Waals surface area (Å²) < 4.78 is 0. The zero-order valence-electron chi connectivity index (χ0n) is 6.64. The molecule has 2 rings (SSSR count). The molecule has 4 nitrogen and oxygen atoms in total. The summed E-state index contributed by atoms with van der Waals surface area (Å²) >= 11 is 0. The van der Waals surface area contributed by atoms with E-state index in [-0.39, 0.29) is 11.3 Å². The van der Waals surface area contributed by atoms with Crippen LogP contribution >= 0.6 is 0 Å². The van der Waals surface area contributed by atoms with Crippen LogP contribution in [0, 0.1) is 0 Å². The van der Waals surface area contributed by atoms with Crippen molar-refractivity contribution in [1.82, 2.24) is 9.97 Å². The second-order valence-electron chi connectivity index (χ2n) is 2.55. The van der Waals surface area contributed by atoms with E-state index in [1.54, 1.807) is 18.3 Å². The lowest BCUT2D eigenvalue weighted by Crippen LogP contribution is -1.89. The number of fused-ring (bicyclic) bond motifs is 1. The molecule has 13 heavy (non-hydrogen) atoms. The molecule has 2 heterocycles. The van der Waals surface area contributed by atoms with Gasteiger partial charge in [-0.2, -0.15) is 0 Å². The van der Waals surface area contributed by atoms with E-state index < -0.39 is 0 Å². The monoisotopic (exact) mass is 174 g/mol. The van der Waals surface area contributed by atoms with Crippen LogP contribution in [0.25, 0.3) is 11.0 Å². The Morgan fingerprint density at radius 2 is 2.23 bits per heavy atom. The van der Waals surface area contributed by atoms with Crippen molar-refractivity contribution in [3.05, 3.63) is 30.1 Å². The maximum atomic E-state index is 10.6. The lowest BCUT2D eigenvalue weighted by Gasteiger charge is -2.00. The van der Waals surface area contributed by atoms with Crippen molar-refractivity contribution < 1.29 is 9.90 Å². The van der Waals surface area contributed by atoms with E-state index in [0.717, 1.165) is 0 Å². The number of carbonyl (C=O) groups excluding carboxylic acids is 1. The highest BCUT2D eigenvalue weighted by Gasteiger charge is 2.06. The first-order valence-corrected chi connectivity index (χ1v) is 3.71. The molecule has 0 aliphatic carbocycles. The van der Waals surface area contributed by atoms with Crippen LogP contribution in [0.1, 0.15) is 10.4 Å². The number of aromatic hydroxyl groups is 1. The van der Waals surface area contributed by atoms with Gasteiger partial charge < -0.3 is 5.11 Å². The number of pyridine rings is 2. The Kier molecular flexibility index (Phi) is 1.66. The van der Waals surface area contributed by atoms with Gasteiger partial charge in [-0.05, 0) is 12.1 Å². The van der Waals surface area contributed by atoms with E-state index in [2.05, 4.69) is 9.97 Å². The molecule has 0 fully saturated rings. The molecule has 64 valence electrons. The van der Waals surface area contributed by atoms with Gasteiger partial charge in [0.25, 0.3) is 0 Å². The van der Waals surface area contributed by atoms with Crippen LogP contribution in [0.5, 0.6) is 5.75 Å². The second-order valence-corrected chi connectivity index (χ2v) is 2.55. The van der Waals surface area contributed by atoms with Crippen molar-refractivity contribution in [2.75, 3.05) is 0 Å². The number of hydrogen-bond donors (Lipinski definition) is 1. The molecular formula is C9H6N2O2. The minimum atomic E-state index is -0.115. The van der Waals surface area contributed by atoms with E-state index in [0.29, 0.717) is 17.3 Å². The largest absolute Gasteiger partial charge is 0.506 e. The molecule has 0 radical (unpaired) electrons. The van der Waals surface area contributed by atoms with Gasteiger partial charge in [-0.3, -0.25) is 4.79 Å². The molecule has 0 saturated heterocycles. The van der Waals surface area contributed by atoms with Crippen LogP contribution in [0.4, 0.5) is 0 Å². The molecule has 4 heteroatoms. The molecule has 2 aromatic rings. The maximum absolute atomic E-state index is 10.6. The van der Waals surface area contributed by atoms with Gasteiger partial charge in [-0.25, -0.2) is 9.97 Å². The fourth-order valence-corrected chi connectivity index (χ4v) is 1.16. The SMILES string of the molecule is O=Cc1c(O)cnc2ncccc12. The van der Waals surface area contributed by atoms with Gasteiger partial charge in [0.05, 0.1) is 11.8 Å². The Labute approximate surface area is 73.9 Å². The van der Waals surface area contributed by atoms with Crippen molar-refractivity contribution in [3.63, 3.8) is 0 Å². The minimum Gasteiger partial charge on any atom is -0.506 e. The first kappa shape index (κ1) is 7.67. The lowest BCUT2D eigenvalue weighted by atomic mass is 10.1. The van der Waals surface area contributed by atoms with E-state index in [1.165, 1.54) is 6.20 Å². The predicted molar refractivity (Wildman–Crippen MR) is 46.6 cm³/mol. The third kappa shape index (κ3) is 1.12. The molecule has 0 aromatic carbocycles. The van der Waals surface area contributed by atoms with Gasteiger partial charge in [0.2, 0.25) is 0 Å². The van der Waals surface area contributed by atoms with E-state index in [1.807, 2.05) is 0 Å². The molecule has 0 aliphatic heterocycles. The molecule has 0 atom stereocenters. The summed E-state index contributed by atoms with van der Waals surface area (Å²) in [6, 6.07) is 3.38. The first-order valence-electron chi connectivity index (χ1n) is 3.71. The second kappa shape index (κ2) is 2.82. The van der Waals surface area contributed by atoms with Crippen molar-refractivity contribution in [1.29, 1.82) is 0 Å². The highest BCUT2D eigenvalue weighted by molar-refractivity contribution is 5.97. The predicted octanol–water partition coefficient (Wildman–Crippen LogP) is 1.15. The molecule has 0 spiro atoms. The summed E-state index contributed by atoms with van der Waals surface area (Å²) in [5, 5.41) is 9.85. The third-order valence-corrected chi connectivity index (χ3v) is 1.78. The minimum absolute atomic E-state index is 0.115. The molecule has 0 saturated carbocycles. The standard InChI is InChI=1S/C9H6N2O2/c12-5-7-6-2-1-3-10-9(6)11-4-8(7)13/h1-5,13H. The summed E-state index contributed by atoms with van der Waals surface area (Å²) in [5.41, 5.74) is 0.695. The molecule has 0 unspecified atom stereocenters. The number of aldehydes is 1. The van der Waals surface area contributed by atoms with Gasteiger partial charge in [0, 0.05) is 11.6 Å². The summed E-state index contributed by atoms with van der Waals surface area (Å²) in [4.78, 5) is 18.4. The van der Waals surface area contributed by atoms with Crippen molar-refractivity contribution >= 4 is 17.3 Å². The van der Waals surface area contributed by atoms with Crippen molar-refractivity contribution in [3.8, 4) is 5.75 Å². The van der Waals surface area contributed by atoms with Crippen LogP contribution in [-0.2, 0) is 0 Å². The zero-order chi connectivity index (χ0) is 9.26. The molecule has 2 aromatic heterocycles. The Balaban J connectivity index is 2.91. The van der Waals surface area contributed by atoms with E-state index >= 15 is 0 Å². The number of rotatable bonds is 1. The first-order chi connectivity index (χ1) is 6.33. The van der Waals surface area contributed by atoms with Crippen LogP contribution in [0.3, 0.4) is 0 Å². The van der Waals surface area contributed by atoms with E-state index in [4.69, 9.17) is 0 Å². The van der Waals surface area contributed by atoms with Gasteiger partial charge in [0.15, 0.2) is 11.9 Å². The van der Waals surface area contributed by atoms with Crippen LogP contribution in [0.2, 0.25) is 0 Å². The van der Waals surface area contributed by atoms with Gasteiger partial charge >= 0.3 is 0 Å². The van der Waals surface area contributed by atoms with Gasteiger partial charge in [-0.1, -0.05) is 0 Å². The molecule has 0 aliphatic rings. The maximum Gasteiger partial charge on any atom is 0.160 e. The Morgan fingerprint density at radius 3 is 3.00 bits per heavy atom. The van der Waals surface area contributed by atoms with Crippen molar-refractivity contribution in [2.45, 2.75) is 0 Å². The van der Waals surface area contributed by atoms with Gasteiger partial charge in [-0.15, -0.1) is 0 Å². The molecule has 1 N–H and O–H groups in total. The highest BCUT2D eigenvalue weighted by Crippen LogP contribution is 2.21. The lowest BCUT2D eigenvalue weighted by molar-refractivity contribution is 0.112. The van der Waals surface area contributed by atoms with E-state index in [9.17, 15) is 9.90 Å². The average molecular weight is 174 g/mol. The fourth-order valence-electron chi connectivity index (χ4n) is 1.16. The smallest absolute Gasteiger partial charge is 0.160 e. The summed E-state index contributed by atoms with van der Waals surface area (Å²) in [6.45, 7) is 0. The van der Waals surface area contributed by atoms with Crippen molar-refractivity contribution in [2.24, 2.45) is 0 Å². The number of hydrogen-bond acceptors (Lipinski definition) is 4. The Bertz CT molecular complexity index is 468. The highest BCUT2D eigenvalue weighted by atomic mass is 16.3. The summed E-state index contributed by atoms with van der Waals surface area (Å²) in [5.74, 6) is -0.115. The third-order valence-electron chi connectivity index (χ3n) is 1.78. The number of aromatic nitrogens is 2. The fraction of sp³-hybridized carbons (Fsp3) is 0. The zero-order valence-corrected chi connectivity index (χ0v) is 6.64. The number of carbonyl (C=O) groups is 1. The molecule has 0 bridgehead atoms. The van der Waals surface area contributed by atoms with Crippen LogP contribution in [-0.4, -0.2) is 21.4 Å². The summed E-state index contributed by atoms with van der Waals surface area (Å²) in [7, 11) is 0. The Morgan fingerprint density at radius 1 is 1.38 bits per heavy atom. The molecule has 0 amide bonds. The van der Waals surface area contributed by atoms with Gasteiger partial charge in [0.1, 0.15) is 5.75 Å². The normalized spacial score (nSPS) is 10.2. The topological polar surface area (TPSA) is 63.1 Å². The van der Waals surface area contributed by atoms with Crippen LogP contribution < -0.4 is 0 Å². The Hall–Kier alpha value is -1.97. The van der Waals surface area contributed by atoms with Crippen LogP contribution in [0.15, 0.2) is 24.5 Å². The number of nitrogens with zero attached hydrogens (tertiary/aromatic N) is 2. The quantitative estimate of drug-likeness (QED) is 0.658. The summed E-state index contributed by atoms with van der Waals surface area (Å²) in [6.07, 6.45) is 3.40. The molecular weight excluding hydrogens is 168 g/mol.